The minimum Gasteiger partial charge on any atom is -0.468 e. The number of para-hydroxylation sites is 1. The highest BCUT2D eigenvalue weighted by atomic mass is 19.1. The highest BCUT2D eigenvalue weighted by molar-refractivity contribution is 5.76. The van der Waals surface area contributed by atoms with Crippen LogP contribution in [0, 0.1) is 15.9 Å². The number of benzene rings is 1. The topological polar surface area (TPSA) is 81.5 Å². The van der Waals surface area contributed by atoms with Gasteiger partial charge in [0.05, 0.1) is 12.0 Å². The van der Waals surface area contributed by atoms with E-state index >= 15 is 0 Å². The molecule has 0 atom stereocenters. The Balaban J connectivity index is 2.91. The molecule has 0 aromatic heterocycles. The molecular weight excluding hydrogens is 219 g/mol. The summed E-state index contributed by atoms with van der Waals surface area (Å²) in [5, 5.41) is 13.0. The van der Waals surface area contributed by atoms with Crippen LogP contribution in [0.3, 0.4) is 0 Å². The van der Waals surface area contributed by atoms with E-state index in [0.717, 1.165) is 6.07 Å². The van der Waals surface area contributed by atoms with Crippen molar-refractivity contribution in [3.63, 3.8) is 0 Å². The van der Waals surface area contributed by atoms with Crippen LogP contribution < -0.4 is 5.32 Å². The van der Waals surface area contributed by atoms with Gasteiger partial charge in [-0.1, -0.05) is 6.07 Å². The molecule has 1 N–H and O–H groups in total. The second kappa shape index (κ2) is 5.06. The monoisotopic (exact) mass is 228 g/mol. The average Bonchev–Trinajstić information content (AvgIpc) is 2.25. The number of carbonyl (C=O) groups is 1. The van der Waals surface area contributed by atoms with Crippen LogP contribution in [0.25, 0.3) is 0 Å². The van der Waals surface area contributed by atoms with Gasteiger partial charge in [-0.3, -0.25) is 14.9 Å². The summed E-state index contributed by atoms with van der Waals surface area (Å²) in [4.78, 5) is 20.5. The highest BCUT2D eigenvalue weighted by Crippen LogP contribution is 2.26. The first-order chi connectivity index (χ1) is 7.56. The van der Waals surface area contributed by atoms with Crippen LogP contribution in [-0.2, 0) is 9.53 Å². The molecule has 0 aliphatic rings. The number of carbonyl (C=O) groups excluding carboxylic acids is 1. The van der Waals surface area contributed by atoms with Gasteiger partial charge in [0.2, 0.25) is 5.82 Å². The molecule has 0 aliphatic carbocycles. The summed E-state index contributed by atoms with van der Waals surface area (Å²) in [6, 6.07) is 3.59. The second-order valence-electron chi connectivity index (χ2n) is 2.82. The van der Waals surface area contributed by atoms with Gasteiger partial charge in [-0.05, 0) is 12.1 Å². The number of esters is 1. The molecule has 7 heteroatoms. The van der Waals surface area contributed by atoms with Crippen molar-refractivity contribution in [2.75, 3.05) is 19.0 Å². The highest BCUT2D eigenvalue weighted by Gasteiger charge is 2.19. The predicted molar refractivity (Wildman–Crippen MR) is 53.6 cm³/mol. The molecule has 16 heavy (non-hydrogen) atoms. The van der Waals surface area contributed by atoms with Crippen LogP contribution in [0.2, 0.25) is 0 Å². The zero-order valence-corrected chi connectivity index (χ0v) is 8.40. The van der Waals surface area contributed by atoms with Crippen molar-refractivity contribution in [2.24, 2.45) is 0 Å². The fraction of sp³-hybridized carbons (Fsp3) is 0.222. The van der Waals surface area contributed by atoms with E-state index < -0.39 is 22.4 Å². The van der Waals surface area contributed by atoms with Gasteiger partial charge in [0.15, 0.2) is 0 Å². The zero-order valence-electron chi connectivity index (χ0n) is 8.40. The summed E-state index contributed by atoms with van der Waals surface area (Å²) in [7, 11) is 1.18. The Morgan fingerprint density at radius 2 is 2.31 bits per heavy atom. The lowest BCUT2D eigenvalue weighted by Crippen LogP contribution is -2.16. The van der Waals surface area contributed by atoms with Crippen LogP contribution in [0.15, 0.2) is 18.2 Å². The largest absolute Gasteiger partial charge is 0.468 e. The number of hydrogen-bond acceptors (Lipinski definition) is 5. The van der Waals surface area contributed by atoms with Crippen LogP contribution in [-0.4, -0.2) is 24.5 Å². The van der Waals surface area contributed by atoms with Gasteiger partial charge < -0.3 is 10.1 Å². The van der Waals surface area contributed by atoms with Gasteiger partial charge >= 0.3 is 11.7 Å². The quantitative estimate of drug-likeness (QED) is 0.477. The van der Waals surface area contributed by atoms with Crippen molar-refractivity contribution < 1.29 is 18.8 Å². The predicted octanol–water partition coefficient (Wildman–Crippen LogP) is 1.32. The molecule has 86 valence electrons. The molecule has 6 nitrogen and oxygen atoms in total. The minimum absolute atomic E-state index is 0.0598. The van der Waals surface area contributed by atoms with E-state index in [4.69, 9.17) is 0 Å². The molecular formula is C9H9FN2O4. The minimum atomic E-state index is -0.958. The van der Waals surface area contributed by atoms with Crippen molar-refractivity contribution >= 4 is 17.3 Å². The molecule has 1 aromatic rings. The lowest BCUT2D eigenvalue weighted by Gasteiger charge is -2.05. The maximum atomic E-state index is 13.1. The third-order valence-corrected chi connectivity index (χ3v) is 1.82. The number of hydrogen-bond donors (Lipinski definition) is 1. The number of methoxy groups -OCH3 is 1. The number of rotatable bonds is 4. The Kier molecular flexibility index (Phi) is 3.76. The van der Waals surface area contributed by atoms with E-state index in [1.165, 1.54) is 19.2 Å². The third kappa shape index (κ3) is 2.66. The molecule has 0 saturated heterocycles. The summed E-state index contributed by atoms with van der Waals surface area (Å²) in [6.45, 7) is -0.263. The van der Waals surface area contributed by atoms with Gasteiger partial charge in [-0.25, -0.2) is 0 Å². The molecule has 0 radical (unpaired) electrons. The smallest absolute Gasteiger partial charge is 0.327 e. The van der Waals surface area contributed by atoms with E-state index in [-0.39, 0.29) is 12.2 Å². The third-order valence-electron chi connectivity index (χ3n) is 1.82. The first-order valence-corrected chi connectivity index (χ1v) is 4.30. The Hall–Kier alpha value is -2.18. The van der Waals surface area contributed by atoms with Gasteiger partial charge in [0.1, 0.15) is 12.2 Å². The summed E-state index contributed by atoms with van der Waals surface area (Å²) in [5.74, 6) is -1.56. The van der Waals surface area contributed by atoms with Crippen LogP contribution in [0.5, 0.6) is 0 Å². The first kappa shape index (κ1) is 11.9. The molecule has 0 bridgehead atoms. The number of nitrogens with zero attached hydrogens (tertiary/aromatic N) is 1. The first-order valence-electron chi connectivity index (χ1n) is 4.30. The summed E-state index contributed by atoms with van der Waals surface area (Å²) in [5.41, 5.74) is -0.748. The number of anilines is 1. The molecule has 0 aliphatic heterocycles. The average molecular weight is 228 g/mol. The second-order valence-corrected chi connectivity index (χ2v) is 2.82. The molecule has 0 spiro atoms. The standard InChI is InChI=1S/C9H9FN2O4/c1-16-8(13)5-11-7-4-2-3-6(10)9(7)12(14)15/h2-4,11H,5H2,1H3. The van der Waals surface area contributed by atoms with Crippen molar-refractivity contribution in [1.29, 1.82) is 0 Å². The van der Waals surface area contributed by atoms with Crippen molar-refractivity contribution in [3.05, 3.63) is 34.1 Å². The fourth-order valence-corrected chi connectivity index (χ4v) is 1.08. The number of nitro benzene ring substituents is 1. The Morgan fingerprint density at radius 3 is 2.88 bits per heavy atom. The lowest BCUT2D eigenvalue weighted by atomic mass is 10.2. The Morgan fingerprint density at radius 1 is 1.62 bits per heavy atom. The SMILES string of the molecule is COC(=O)CNc1cccc(F)c1[N+](=O)[O-]. The molecule has 1 aromatic carbocycles. The maximum absolute atomic E-state index is 13.1. The number of nitrogens with one attached hydrogen (secondary N) is 1. The maximum Gasteiger partial charge on any atom is 0.327 e. The Bertz CT molecular complexity index is 422. The van der Waals surface area contributed by atoms with Gasteiger partial charge in [-0.2, -0.15) is 4.39 Å². The van der Waals surface area contributed by atoms with Crippen molar-refractivity contribution in [1.82, 2.24) is 0 Å². The molecule has 1 rings (SSSR count). The van der Waals surface area contributed by atoms with Gasteiger partial charge in [0.25, 0.3) is 0 Å². The zero-order chi connectivity index (χ0) is 12.1. The van der Waals surface area contributed by atoms with Crippen LogP contribution in [0.1, 0.15) is 0 Å². The molecule has 0 heterocycles. The van der Waals surface area contributed by atoms with E-state index in [9.17, 15) is 19.3 Å². The normalized spacial score (nSPS) is 9.62. The van der Waals surface area contributed by atoms with Crippen molar-refractivity contribution in [3.8, 4) is 0 Å². The van der Waals surface area contributed by atoms with E-state index in [0.29, 0.717) is 0 Å². The number of halogens is 1. The van der Waals surface area contributed by atoms with Crippen LogP contribution in [0.4, 0.5) is 15.8 Å². The molecule has 0 amide bonds. The van der Waals surface area contributed by atoms with E-state index in [1.54, 1.807) is 0 Å². The fourth-order valence-electron chi connectivity index (χ4n) is 1.08. The van der Waals surface area contributed by atoms with E-state index in [1.807, 2.05) is 0 Å². The van der Waals surface area contributed by atoms with Crippen LogP contribution >= 0.6 is 0 Å². The number of ether oxygens (including phenoxy) is 1. The van der Waals surface area contributed by atoms with E-state index in [2.05, 4.69) is 10.1 Å². The molecule has 0 unspecified atom stereocenters. The van der Waals surface area contributed by atoms with Crippen molar-refractivity contribution in [2.45, 2.75) is 0 Å². The lowest BCUT2D eigenvalue weighted by molar-refractivity contribution is -0.386. The van der Waals surface area contributed by atoms with Gasteiger partial charge in [-0.15, -0.1) is 0 Å². The van der Waals surface area contributed by atoms with Gasteiger partial charge in [0, 0.05) is 0 Å². The molecule has 0 fully saturated rings. The number of nitro groups is 1. The summed E-state index contributed by atoms with van der Waals surface area (Å²) in [6.07, 6.45) is 0. The summed E-state index contributed by atoms with van der Waals surface area (Å²) >= 11 is 0. The molecule has 0 saturated carbocycles. The summed E-state index contributed by atoms with van der Waals surface area (Å²) < 4.78 is 17.4. The Labute approximate surface area is 90.2 Å².